The first kappa shape index (κ1) is 20.9. The Morgan fingerprint density at radius 2 is 1.69 bits per heavy atom. The SMILES string of the molecule is COc1ccc(C(CC(=O)c2ccc(Br)cc2)Nc2cccc(C)c2)cc1OC. The first-order valence-electron chi connectivity index (χ1n) is 9.34. The average Bonchev–Trinajstić information content (AvgIpc) is 2.73. The van der Waals surface area contributed by atoms with Gasteiger partial charge >= 0.3 is 0 Å². The predicted octanol–water partition coefficient (Wildman–Crippen LogP) is 6.20. The molecule has 0 saturated carbocycles. The van der Waals surface area contributed by atoms with Gasteiger partial charge in [0.25, 0.3) is 0 Å². The maximum absolute atomic E-state index is 13.0. The number of aryl methyl sites for hydroxylation is 1. The number of ketones is 1. The van der Waals surface area contributed by atoms with E-state index in [4.69, 9.17) is 9.47 Å². The second-order valence-electron chi connectivity index (χ2n) is 6.82. The van der Waals surface area contributed by atoms with Crippen molar-refractivity contribution in [3.05, 3.63) is 87.9 Å². The maximum Gasteiger partial charge on any atom is 0.165 e. The van der Waals surface area contributed by atoms with Gasteiger partial charge in [0.15, 0.2) is 17.3 Å². The fraction of sp³-hybridized carbons (Fsp3) is 0.208. The first-order valence-corrected chi connectivity index (χ1v) is 10.1. The summed E-state index contributed by atoms with van der Waals surface area (Å²) in [6, 6.07) is 21.1. The van der Waals surface area contributed by atoms with Gasteiger partial charge < -0.3 is 14.8 Å². The molecule has 5 heteroatoms. The molecule has 150 valence electrons. The Morgan fingerprint density at radius 3 is 2.34 bits per heavy atom. The Balaban J connectivity index is 1.92. The van der Waals surface area contributed by atoms with Crippen LogP contribution in [-0.2, 0) is 0 Å². The number of ether oxygens (including phenoxy) is 2. The van der Waals surface area contributed by atoms with Crippen LogP contribution in [0.1, 0.15) is 33.9 Å². The lowest BCUT2D eigenvalue weighted by atomic mass is 9.97. The third-order valence-electron chi connectivity index (χ3n) is 4.72. The Hall–Kier alpha value is -2.79. The van der Waals surface area contributed by atoms with Crippen LogP contribution in [0.5, 0.6) is 11.5 Å². The van der Waals surface area contributed by atoms with Crippen LogP contribution in [0.4, 0.5) is 5.69 Å². The number of hydrogen-bond donors (Lipinski definition) is 1. The van der Waals surface area contributed by atoms with Crippen LogP contribution in [0.15, 0.2) is 71.2 Å². The molecule has 1 unspecified atom stereocenters. The third-order valence-corrected chi connectivity index (χ3v) is 5.25. The number of rotatable bonds is 8. The Bertz CT molecular complexity index is 986. The summed E-state index contributed by atoms with van der Waals surface area (Å²) in [5, 5.41) is 3.51. The summed E-state index contributed by atoms with van der Waals surface area (Å²) in [6.07, 6.45) is 0.311. The molecule has 0 bridgehead atoms. The van der Waals surface area contributed by atoms with Crippen LogP contribution in [0, 0.1) is 6.92 Å². The van der Waals surface area contributed by atoms with Gasteiger partial charge in [0.1, 0.15) is 0 Å². The fourth-order valence-electron chi connectivity index (χ4n) is 3.20. The summed E-state index contributed by atoms with van der Waals surface area (Å²) in [7, 11) is 3.22. The lowest BCUT2D eigenvalue weighted by molar-refractivity contribution is 0.0976. The number of nitrogens with one attached hydrogen (secondary N) is 1. The van der Waals surface area contributed by atoms with E-state index in [9.17, 15) is 4.79 Å². The number of carbonyl (C=O) groups excluding carboxylic acids is 1. The summed E-state index contributed by atoms with van der Waals surface area (Å²) >= 11 is 3.41. The highest BCUT2D eigenvalue weighted by Gasteiger charge is 2.19. The van der Waals surface area contributed by atoms with E-state index in [-0.39, 0.29) is 11.8 Å². The normalized spacial score (nSPS) is 11.6. The second kappa shape index (κ2) is 9.61. The zero-order valence-corrected chi connectivity index (χ0v) is 18.3. The quantitative estimate of drug-likeness (QED) is 0.412. The summed E-state index contributed by atoms with van der Waals surface area (Å²) in [4.78, 5) is 13.0. The molecule has 0 radical (unpaired) electrons. The van der Waals surface area contributed by atoms with Crippen LogP contribution < -0.4 is 14.8 Å². The highest BCUT2D eigenvalue weighted by Crippen LogP contribution is 2.33. The van der Waals surface area contributed by atoms with E-state index < -0.39 is 0 Å². The molecule has 0 fully saturated rings. The van der Waals surface area contributed by atoms with E-state index in [1.54, 1.807) is 14.2 Å². The van der Waals surface area contributed by atoms with Crippen LogP contribution in [0.2, 0.25) is 0 Å². The lowest BCUT2D eigenvalue weighted by Gasteiger charge is -2.21. The molecule has 3 aromatic rings. The lowest BCUT2D eigenvalue weighted by Crippen LogP contribution is -2.16. The topological polar surface area (TPSA) is 47.6 Å². The molecule has 0 spiro atoms. The highest BCUT2D eigenvalue weighted by molar-refractivity contribution is 9.10. The Kier molecular flexibility index (Phi) is 6.94. The smallest absolute Gasteiger partial charge is 0.165 e. The predicted molar refractivity (Wildman–Crippen MR) is 120 cm³/mol. The zero-order chi connectivity index (χ0) is 20.8. The molecule has 0 aromatic heterocycles. The van der Waals surface area contributed by atoms with Gasteiger partial charge in [-0.2, -0.15) is 0 Å². The summed E-state index contributed by atoms with van der Waals surface area (Å²) < 4.78 is 11.8. The Labute approximate surface area is 180 Å². The molecule has 29 heavy (non-hydrogen) atoms. The van der Waals surface area contributed by atoms with Crippen molar-refractivity contribution in [3.8, 4) is 11.5 Å². The highest BCUT2D eigenvalue weighted by atomic mass is 79.9. The van der Waals surface area contributed by atoms with Crippen LogP contribution in [-0.4, -0.2) is 20.0 Å². The van der Waals surface area contributed by atoms with Crippen molar-refractivity contribution in [2.24, 2.45) is 0 Å². The number of carbonyl (C=O) groups is 1. The van der Waals surface area contributed by atoms with Gasteiger partial charge in [0.2, 0.25) is 0 Å². The van der Waals surface area contributed by atoms with Gasteiger partial charge in [-0.15, -0.1) is 0 Å². The van der Waals surface area contributed by atoms with Crippen molar-refractivity contribution in [2.75, 3.05) is 19.5 Å². The van der Waals surface area contributed by atoms with Crippen LogP contribution in [0.3, 0.4) is 0 Å². The number of anilines is 1. The molecule has 0 saturated heterocycles. The monoisotopic (exact) mass is 453 g/mol. The molecule has 4 nitrogen and oxygen atoms in total. The molecule has 1 atom stereocenters. The van der Waals surface area contributed by atoms with Gasteiger partial charge in [-0.05, 0) is 54.4 Å². The first-order chi connectivity index (χ1) is 14.0. The number of Topliss-reactive ketones (excluding diaryl/α,β-unsaturated/α-hetero) is 1. The third kappa shape index (κ3) is 5.39. The zero-order valence-electron chi connectivity index (χ0n) is 16.7. The molecule has 3 rings (SSSR count). The molecule has 0 heterocycles. The van der Waals surface area contributed by atoms with E-state index in [2.05, 4.69) is 27.3 Å². The van der Waals surface area contributed by atoms with Gasteiger partial charge in [0, 0.05) is 22.1 Å². The summed E-state index contributed by atoms with van der Waals surface area (Å²) in [5.74, 6) is 1.36. The largest absolute Gasteiger partial charge is 0.493 e. The molecule has 0 aliphatic carbocycles. The minimum atomic E-state index is -0.215. The van der Waals surface area contributed by atoms with Gasteiger partial charge in [-0.1, -0.05) is 46.3 Å². The van der Waals surface area contributed by atoms with Crippen molar-refractivity contribution < 1.29 is 14.3 Å². The van der Waals surface area contributed by atoms with E-state index in [0.717, 1.165) is 21.3 Å². The van der Waals surface area contributed by atoms with Crippen molar-refractivity contribution in [2.45, 2.75) is 19.4 Å². The van der Waals surface area contributed by atoms with Gasteiger partial charge in [-0.3, -0.25) is 4.79 Å². The Morgan fingerprint density at radius 1 is 0.966 bits per heavy atom. The summed E-state index contributed by atoms with van der Waals surface area (Å²) in [5.41, 5.74) is 3.76. The van der Waals surface area contributed by atoms with E-state index in [1.807, 2.05) is 67.6 Å². The van der Waals surface area contributed by atoms with Crippen LogP contribution >= 0.6 is 15.9 Å². The fourth-order valence-corrected chi connectivity index (χ4v) is 3.46. The minimum Gasteiger partial charge on any atom is -0.493 e. The molecule has 1 N–H and O–H groups in total. The second-order valence-corrected chi connectivity index (χ2v) is 7.73. The number of methoxy groups -OCH3 is 2. The number of halogens is 1. The van der Waals surface area contributed by atoms with Crippen molar-refractivity contribution >= 4 is 27.4 Å². The van der Waals surface area contributed by atoms with Crippen molar-refractivity contribution in [1.29, 1.82) is 0 Å². The minimum absolute atomic E-state index is 0.0671. The van der Waals surface area contributed by atoms with E-state index in [0.29, 0.717) is 23.5 Å². The number of benzene rings is 3. The van der Waals surface area contributed by atoms with E-state index in [1.165, 1.54) is 0 Å². The number of hydrogen-bond acceptors (Lipinski definition) is 4. The van der Waals surface area contributed by atoms with Gasteiger partial charge in [-0.25, -0.2) is 0 Å². The molecule has 0 aliphatic rings. The summed E-state index contributed by atoms with van der Waals surface area (Å²) in [6.45, 7) is 2.05. The molecular formula is C24H24BrNO3. The molecule has 0 amide bonds. The van der Waals surface area contributed by atoms with Crippen molar-refractivity contribution in [3.63, 3.8) is 0 Å². The van der Waals surface area contributed by atoms with Gasteiger partial charge in [0.05, 0.1) is 20.3 Å². The molecular weight excluding hydrogens is 430 g/mol. The standard InChI is InChI=1S/C24H24BrNO3/c1-16-5-4-6-20(13-16)26-21(15-22(27)17-7-10-19(25)11-8-17)18-9-12-23(28-2)24(14-18)29-3/h4-14,21,26H,15H2,1-3H3. The maximum atomic E-state index is 13.0. The molecule has 3 aromatic carbocycles. The van der Waals surface area contributed by atoms with Crippen LogP contribution in [0.25, 0.3) is 0 Å². The molecule has 0 aliphatic heterocycles. The van der Waals surface area contributed by atoms with E-state index >= 15 is 0 Å². The van der Waals surface area contributed by atoms with Crippen molar-refractivity contribution in [1.82, 2.24) is 0 Å². The average molecular weight is 454 g/mol.